The maximum absolute atomic E-state index is 12.3. The minimum absolute atomic E-state index is 0.0964. The zero-order chi connectivity index (χ0) is 17.6. The summed E-state index contributed by atoms with van der Waals surface area (Å²) in [5.41, 5.74) is 2.44. The number of rotatable bonds is 7. The maximum atomic E-state index is 12.3. The SMILES string of the molecule is CCCNS(=O)(=O)c1cccc(C(=O)NCc2cccc(C)c2)c1. The molecule has 0 heterocycles. The zero-order valence-electron chi connectivity index (χ0n) is 13.9. The normalized spacial score (nSPS) is 11.2. The van der Waals surface area contributed by atoms with E-state index in [2.05, 4.69) is 10.0 Å². The Labute approximate surface area is 143 Å². The van der Waals surface area contributed by atoms with Gasteiger partial charge in [0.15, 0.2) is 0 Å². The standard InChI is InChI=1S/C18H22N2O3S/c1-3-10-20-24(22,23)17-9-5-8-16(12-17)18(21)19-13-15-7-4-6-14(2)11-15/h4-9,11-12,20H,3,10,13H2,1-2H3,(H,19,21). The molecule has 6 heteroatoms. The van der Waals surface area contributed by atoms with Gasteiger partial charge in [-0.05, 0) is 37.1 Å². The highest BCUT2D eigenvalue weighted by molar-refractivity contribution is 7.89. The van der Waals surface area contributed by atoms with E-state index < -0.39 is 10.0 Å². The third-order valence-electron chi connectivity index (χ3n) is 3.48. The Balaban J connectivity index is 2.09. The van der Waals surface area contributed by atoms with Crippen molar-refractivity contribution >= 4 is 15.9 Å². The van der Waals surface area contributed by atoms with Crippen molar-refractivity contribution in [2.24, 2.45) is 0 Å². The van der Waals surface area contributed by atoms with Gasteiger partial charge in [-0.3, -0.25) is 4.79 Å². The number of hydrogen-bond donors (Lipinski definition) is 2. The van der Waals surface area contributed by atoms with Crippen LogP contribution in [-0.2, 0) is 16.6 Å². The second kappa shape index (κ2) is 8.08. The van der Waals surface area contributed by atoms with Crippen molar-refractivity contribution in [3.63, 3.8) is 0 Å². The van der Waals surface area contributed by atoms with Crippen LogP contribution in [0.15, 0.2) is 53.4 Å². The summed E-state index contributed by atoms with van der Waals surface area (Å²) in [4.78, 5) is 12.4. The van der Waals surface area contributed by atoms with Crippen LogP contribution in [0.25, 0.3) is 0 Å². The van der Waals surface area contributed by atoms with Gasteiger partial charge in [-0.1, -0.05) is 42.8 Å². The molecule has 0 aliphatic rings. The number of carbonyl (C=O) groups excluding carboxylic acids is 1. The Morgan fingerprint density at radius 1 is 1.08 bits per heavy atom. The molecule has 0 saturated carbocycles. The lowest BCUT2D eigenvalue weighted by Crippen LogP contribution is -2.26. The molecule has 0 aromatic heterocycles. The minimum Gasteiger partial charge on any atom is -0.348 e. The fourth-order valence-corrected chi connectivity index (χ4v) is 3.41. The first-order valence-corrected chi connectivity index (χ1v) is 9.34. The van der Waals surface area contributed by atoms with Crippen LogP contribution in [-0.4, -0.2) is 20.9 Å². The highest BCUT2D eigenvalue weighted by Gasteiger charge is 2.15. The van der Waals surface area contributed by atoms with Crippen LogP contribution >= 0.6 is 0 Å². The van der Waals surface area contributed by atoms with Crippen LogP contribution in [0, 0.1) is 6.92 Å². The summed E-state index contributed by atoms with van der Waals surface area (Å²) in [5, 5.41) is 2.81. The molecule has 0 radical (unpaired) electrons. The van der Waals surface area contributed by atoms with E-state index in [4.69, 9.17) is 0 Å². The lowest BCUT2D eigenvalue weighted by Gasteiger charge is -2.09. The van der Waals surface area contributed by atoms with Gasteiger partial charge in [-0.15, -0.1) is 0 Å². The Hall–Kier alpha value is -2.18. The molecule has 128 valence electrons. The van der Waals surface area contributed by atoms with Gasteiger partial charge in [0, 0.05) is 18.7 Å². The van der Waals surface area contributed by atoms with E-state index in [1.807, 2.05) is 38.1 Å². The Bertz CT molecular complexity index is 817. The third-order valence-corrected chi connectivity index (χ3v) is 4.94. The van der Waals surface area contributed by atoms with E-state index in [9.17, 15) is 13.2 Å². The average molecular weight is 346 g/mol. The van der Waals surface area contributed by atoms with Crippen molar-refractivity contribution in [1.82, 2.24) is 10.0 Å². The summed E-state index contributed by atoms with van der Waals surface area (Å²) < 4.78 is 26.8. The number of aryl methyl sites for hydroxylation is 1. The number of benzene rings is 2. The maximum Gasteiger partial charge on any atom is 0.251 e. The largest absolute Gasteiger partial charge is 0.348 e. The van der Waals surface area contributed by atoms with E-state index in [0.717, 1.165) is 11.1 Å². The number of nitrogens with one attached hydrogen (secondary N) is 2. The summed E-state index contributed by atoms with van der Waals surface area (Å²) >= 11 is 0. The van der Waals surface area contributed by atoms with Gasteiger partial charge in [-0.2, -0.15) is 0 Å². The molecule has 0 fully saturated rings. The van der Waals surface area contributed by atoms with E-state index in [0.29, 0.717) is 25.1 Å². The summed E-state index contributed by atoms with van der Waals surface area (Å²) in [6.45, 7) is 4.64. The number of hydrogen-bond acceptors (Lipinski definition) is 3. The van der Waals surface area contributed by atoms with E-state index in [-0.39, 0.29) is 10.8 Å². The molecular formula is C18H22N2O3S. The highest BCUT2D eigenvalue weighted by Crippen LogP contribution is 2.12. The van der Waals surface area contributed by atoms with E-state index in [1.54, 1.807) is 12.1 Å². The molecule has 0 spiro atoms. The monoisotopic (exact) mass is 346 g/mol. The van der Waals surface area contributed by atoms with Crippen LogP contribution in [0.2, 0.25) is 0 Å². The van der Waals surface area contributed by atoms with Crippen LogP contribution in [0.1, 0.15) is 34.8 Å². The van der Waals surface area contributed by atoms with Gasteiger partial charge >= 0.3 is 0 Å². The Morgan fingerprint density at radius 2 is 1.83 bits per heavy atom. The van der Waals surface area contributed by atoms with Crippen molar-refractivity contribution in [2.75, 3.05) is 6.54 Å². The number of amides is 1. The molecule has 2 aromatic carbocycles. The fraction of sp³-hybridized carbons (Fsp3) is 0.278. The van der Waals surface area contributed by atoms with Crippen LogP contribution in [0.5, 0.6) is 0 Å². The summed E-state index contributed by atoms with van der Waals surface area (Å²) in [6.07, 6.45) is 0.704. The van der Waals surface area contributed by atoms with Crippen molar-refractivity contribution in [2.45, 2.75) is 31.7 Å². The molecule has 0 bridgehead atoms. The van der Waals surface area contributed by atoms with Gasteiger partial charge < -0.3 is 5.32 Å². The highest BCUT2D eigenvalue weighted by atomic mass is 32.2. The molecule has 5 nitrogen and oxygen atoms in total. The molecule has 2 N–H and O–H groups in total. The average Bonchev–Trinajstić information content (AvgIpc) is 2.58. The topological polar surface area (TPSA) is 75.3 Å². The van der Waals surface area contributed by atoms with Gasteiger partial charge in [-0.25, -0.2) is 13.1 Å². The molecule has 0 atom stereocenters. The van der Waals surface area contributed by atoms with Crippen LogP contribution in [0.4, 0.5) is 0 Å². The molecule has 1 amide bonds. The van der Waals surface area contributed by atoms with Crippen molar-refractivity contribution < 1.29 is 13.2 Å². The van der Waals surface area contributed by atoms with Crippen molar-refractivity contribution in [3.05, 3.63) is 65.2 Å². The van der Waals surface area contributed by atoms with Gasteiger partial charge in [0.2, 0.25) is 10.0 Å². The first-order valence-electron chi connectivity index (χ1n) is 7.86. The summed E-state index contributed by atoms with van der Waals surface area (Å²) in [7, 11) is -3.58. The molecule has 2 rings (SSSR count). The number of sulfonamides is 1. The molecular weight excluding hydrogens is 324 g/mol. The summed E-state index contributed by atoms with van der Waals surface area (Å²) in [6, 6.07) is 13.9. The lowest BCUT2D eigenvalue weighted by atomic mass is 10.1. The lowest BCUT2D eigenvalue weighted by molar-refractivity contribution is 0.0950. The minimum atomic E-state index is -3.58. The molecule has 24 heavy (non-hydrogen) atoms. The van der Waals surface area contributed by atoms with Crippen LogP contribution < -0.4 is 10.0 Å². The second-order valence-corrected chi connectivity index (χ2v) is 7.36. The third kappa shape index (κ3) is 4.91. The molecule has 0 unspecified atom stereocenters. The zero-order valence-corrected chi connectivity index (χ0v) is 14.7. The first kappa shape index (κ1) is 18.2. The Morgan fingerprint density at radius 3 is 2.54 bits per heavy atom. The molecule has 0 aliphatic carbocycles. The quantitative estimate of drug-likeness (QED) is 0.809. The summed E-state index contributed by atoms with van der Waals surface area (Å²) in [5.74, 6) is -0.302. The van der Waals surface area contributed by atoms with Crippen LogP contribution in [0.3, 0.4) is 0 Å². The molecule has 0 aliphatic heterocycles. The fourth-order valence-electron chi connectivity index (χ4n) is 2.23. The second-order valence-electron chi connectivity index (χ2n) is 5.60. The van der Waals surface area contributed by atoms with Gasteiger partial charge in [0.25, 0.3) is 5.91 Å². The first-order chi connectivity index (χ1) is 11.4. The van der Waals surface area contributed by atoms with Crippen molar-refractivity contribution in [1.29, 1.82) is 0 Å². The predicted molar refractivity (Wildman–Crippen MR) is 94.3 cm³/mol. The van der Waals surface area contributed by atoms with E-state index >= 15 is 0 Å². The molecule has 0 saturated heterocycles. The van der Waals surface area contributed by atoms with Gasteiger partial charge in [0.05, 0.1) is 4.90 Å². The van der Waals surface area contributed by atoms with Crippen molar-refractivity contribution in [3.8, 4) is 0 Å². The van der Waals surface area contributed by atoms with E-state index in [1.165, 1.54) is 12.1 Å². The Kier molecular flexibility index (Phi) is 6.11. The smallest absolute Gasteiger partial charge is 0.251 e. The molecule has 2 aromatic rings. The van der Waals surface area contributed by atoms with Gasteiger partial charge in [0.1, 0.15) is 0 Å². The number of carbonyl (C=O) groups is 1. The predicted octanol–water partition coefficient (Wildman–Crippen LogP) is 2.61.